The van der Waals surface area contributed by atoms with Crippen molar-refractivity contribution in [2.75, 3.05) is 46.9 Å². The monoisotopic (exact) mass is 360 g/mol. The molecule has 1 amide bonds. The van der Waals surface area contributed by atoms with Gasteiger partial charge in [0.15, 0.2) is 5.96 Å². The fourth-order valence-electron chi connectivity index (χ4n) is 2.61. The summed E-state index contributed by atoms with van der Waals surface area (Å²) in [6.45, 7) is 6.02. The third-order valence-electron chi connectivity index (χ3n) is 4.40. The van der Waals surface area contributed by atoms with Crippen molar-refractivity contribution in [3.8, 4) is 0 Å². The first kappa shape index (κ1) is 20.2. The third kappa shape index (κ3) is 7.04. The molecule has 144 valence electrons. The summed E-state index contributed by atoms with van der Waals surface area (Å²) in [6.07, 6.45) is 3.44. The molecule has 0 aliphatic heterocycles. The number of guanidine groups is 1. The number of nitrogens with one attached hydrogen (secondary N) is 2. The number of likely N-dealkylation sites (N-methyl/N-ethyl adjacent to an activating group) is 1. The van der Waals surface area contributed by atoms with Gasteiger partial charge in [0.2, 0.25) is 0 Å². The van der Waals surface area contributed by atoms with Gasteiger partial charge in [-0.3, -0.25) is 9.79 Å². The summed E-state index contributed by atoms with van der Waals surface area (Å²) in [5.41, 5.74) is 1.80. The predicted octanol–water partition coefficient (Wildman–Crippen LogP) is 1.91. The third-order valence-corrected chi connectivity index (χ3v) is 4.40. The van der Waals surface area contributed by atoms with Crippen LogP contribution >= 0.6 is 0 Å². The van der Waals surface area contributed by atoms with E-state index in [4.69, 9.17) is 9.73 Å². The van der Waals surface area contributed by atoms with E-state index in [0.717, 1.165) is 50.2 Å². The van der Waals surface area contributed by atoms with Gasteiger partial charge >= 0.3 is 0 Å². The van der Waals surface area contributed by atoms with Gasteiger partial charge in [-0.25, -0.2) is 0 Å². The summed E-state index contributed by atoms with van der Waals surface area (Å²) in [7, 11) is 3.68. The minimum Gasteiger partial charge on any atom is -0.379 e. The molecule has 26 heavy (non-hydrogen) atoms. The number of ether oxygens (including phenoxy) is 1. The molecule has 1 aromatic rings. The minimum absolute atomic E-state index is 0.0605. The highest BCUT2D eigenvalue weighted by Crippen LogP contribution is 2.28. The maximum Gasteiger partial charge on any atom is 0.251 e. The number of carbonyl (C=O) groups excluding carboxylic acids is 1. The fraction of sp³-hybridized carbons (Fsp3) is 0.600. The largest absolute Gasteiger partial charge is 0.379 e. The van der Waals surface area contributed by atoms with E-state index in [2.05, 4.69) is 22.5 Å². The van der Waals surface area contributed by atoms with Crippen LogP contribution < -0.4 is 10.6 Å². The Morgan fingerprint density at radius 3 is 2.88 bits per heavy atom. The number of hydrogen-bond acceptors (Lipinski definition) is 3. The van der Waals surface area contributed by atoms with Crippen LogP contribution in [0, 0.1) is 5.92 Å². The molecule has 0 bridgehead atoms. The molecule has 0 radical (unpaired) electrons. The molecule has 1 saturated carbocycles. The van der Waals surface area contributed by atoms with Gasteiger partial charge in [-0.1, -0.05) is 12.1 Å². The van der Waals surface area contributed by atoms with Gasteiger partial charge in [0.1, 0.15) is 0 Å². The molecule has 0 spiro atoms. The van der Waals surface area contributed by atoms with Crippen LogP contribution in [-0.4, -0.2) is 63.7 Å². The van der Waals surface area contributed by atoms with Crippen LogP contribution in [0.5, 0.6) is 0 Å². The minimum atomic E-state index is -0.0605. The Morgan fingerprint density at radius 2 is 2.19 bits per heavy atom. The molecule has 0 aromatic heterocycles. The van der Waals surface area contributed by atoms with E-state index in [1.165, 1.54) is 12.8 Å². The number of benzene rings is 1. The van der Waals surface area contributed by atoms with Gasteiger partial charge in [0.25, 0.3) is 5.91 Å². The number of aliphatic imine (C=N–C) groups is 1. The van der Waals surface area contributed by atoms with Gasteiger partial charge < -0.3 is 20.3 Å². The van der Waals surface area contributed by atoms with Crippen molar-refractivity contribution in [3.05, 3.63) is 35.4 Å². The van der Waals surface area contributed by atoms with E-state index < -0.39 is 0 Å². The normalized spacial score (nSPS) is 14.2. The fourth-order valence-corrected chi connectivity index (χ4v) is 2.61. The van der Waals surface area contributed by atoms with Crippen LogP contribution in [0.2, 0.25) is 0 Å². The summed E-state index contributed by atoms with van der Waals surface area (Å²) < 4.78 is 5.71. The second kappa shape index (κ2) is 10.8. The smallest absolute Gasteiger partial charge is 0.251 e. The Morgan fingerprint density at radius 1 is 1.38 bits per heavy atom. The molecule has 1 aliphatic carbocycles. The van der Waals surface area contributed by atoms with Crippen LogP contribution in [0.4, 0.5) is 0 Å². The lowest BCUT2D eigenvalue weighted by molar-refractivity contribution is 0.0963. The highest BCUT2D eigenvalue weighted by molar-refractivity contribution is 5.94. The Balaban J connectivity index is 1.82. The molecule has 1 aliphatic rings. The van der Waals surface area contributed by atoms with Crippen molar-refractivity contribution in [3.63, 3.8) is 0 Å². The molecule has 1 aromatic carbocycles. The van der Waals surface area contributed by atoms with Crippen molar-refractivity contribution in [1.82, 2.24) is 15.5 Å². The van der Waals surface area contributed by atoms with Crippen LogP contribution in [0.15, 0.2) is 29.3 Å². The Labute approximate surface area is 157 Å². The molecule has 0 saturated heterocycles. The summed E-state index contributed by atoms with van der Waals surface area (Å²) in [6, 6.07) is 7.70. The van der Waals surface area contributed by atoms with Crippen molar-refractivity contribution in [2.45, 2.75) is 26.2 Å². The molecule has 0 heterocycles. The summed E-state index contributed by atoms with van der Waals surface area (Å²) in [5.74, 6) is 1.63. The second-order valence-corrected chi connectivity index (χ2v) is 6.71. The molecule has 1 fully saturated rings. The van der Waals surface area contributed by atoms with Crippen molar-refractivity contribution in [1.29, 1.82) is 0 Å². The Hall–Kier alpha value is -2.08. The van der Waals surface area contributed by atoms with Crippen molar-refractivity contribution in [2.24, 2.45) is 10.9 Å². The average Bonchev–Trinajstić information content (AvgIpc) is 3.48. The first-order valence-corrected chi connectivity index (χ1v) is 9.52. The standard InChI is InChI=1S/C20H32N4O2/c1-4-22-20(24(3)12-13-26-15-17-8-9-17)23-11-10-16-6-5-7-18(14-16)19(25)21-2/h5-7,14,17H,4,8-13,15H2,1-3H3,(H,21,25)(H,22,23). The van der Waals surface area contributed by atoms with E-state index in [9.17, 15) is 4.79 Å². The number of hydrogen-bond donors (Lipinski definition) is 2. The molecular weight excluding hydrogens is 328 g/mol. The van der Waals surface area contributed by atoms with Crippen LogP contribution in [0.3, 0.4) is 0 Å². The maximum absolute atomic E-state index is 11.7. The lowest BCUT2D eigenvalue weighted by Gasteiger charge is -2.22. The van der Waals surface area contributed by atoms with E-state index in [-0.39, 0.29) is 5.91 Å². The van der Waals surface area contributed by atoms with Gasteiger partial charge in [-0.15, -0.1) is 0 Å². The summed E-state index contributed by atoms with van der Waals surface area (Å²) in [5, 5.41) is 5.98. The SMILES string of the molecule is CCNC(=NCCc1cccc(C(=O)NC)c1)N(C)CCOCC1CC1. The predicted molar refractivity (Wildman–Crippen MR) is 106 cm³/mol. The van der Waals surface area contributed by atoms with Crippen LogP contribution in [0.25, 0.3) is 0 Å². The van der Waals surface area contributed by atoms with Crippen molar-refractivity contribution < 1.29 is 9.53 Å². The highest BCUT2D eigenvalue weighted by atomic mass is 16.5. The quantitative estimate of drug-likeness (QED) is 0.380. The first-order chi connectivity index (χ1) is 12.6. The number of rotatable bonds is 10. The van der Waals surface area contributed by atoms with Gasteiger partial charge in [0.05, 0.1) is 6.61 Å². The molecule has 2 rings (SSSR count). The van der Waals surface area contributed by atoms with E-state index >= 15 is 0 Å². The van der Waals surface area contributed by atoms with E-state index in [0.29, 0.717) is 12.1 Å². The molecule has 2 N–H and O–H groups in total. The zero-order chi connectivity index (χ0) is 18.8. The van der Waals surface area contributed by atoms with Crippen LogP contribution in [0.1, 0.15) is 35.7 Å². The van der Waals surface area contributed by atoms with Gasteiger partial charge in [-0.2, -0.15) is 0 Å². The maximum atomic E-state index is 11.7. The summed E-state index contributed by atoms with van der Waals surface area (Å²) >= 11 is 0. The molecule has 6 heteroatoms. The average molecular weight is 361 g/mol. The van der Waals surface area contributed by atoms with Gasteiger partial charge in [0, 0.05) is 45.9 Å². The van der Waals surface area contributed by atoms with Crippen molar-refractivity contribution >= 4 is 11.9 Å². The van der Waals surface area contributed by atoms with Gasteiger partial charge in [-0.05, 0) is 49.8 Å². The molecule has 0 unspecified atom stereocenters. The van der Waals surface area contributed by atoms with E-state index in [1.54, 1.807) is 7.05 Å². The Kier molecular flexibility index (Phi) is 8.41. The molecular formula is C20H32N4O2. The van der Waals surface area contributed by atoms with E-state index in [1.807, 2.05) is 31.3 Å². The molecule has 0 atom stereocenters. The second-order valence-electron chi connectivity index (χ2n) is 6.71. The zero-order valence-electron chi connectivity index (χ0n) is 16.3. The zero-order valence-corrected chi connectivity index (χ0v) is 16.3. The number of amides is 1. The highest BCUT2D eigenvalue weighted by Gasteiger charge is 2.21. The molecule has 6 nitrogen and oxygen atoms in total. The summed E-state index contributed by atoms with van der Waals surface area (Å²) in [4.78, 5) is 18.5. The lowest BCUT2D eigenvalue weighted by Crippen LogP contribution is -2.40. The number of carbonyl (C=O) groups is 1. The lowest BCUT2D eigenvalue weighted by atomic mass is 10.1. The van der Waals surface area contributed by atoms with Crippen LogP contribution in [-0.2, 0) is 11.2 Å². The first-order valence-electron chi connectivity index (χ1n) is 9.52. The number of nitrogens with zero attached hydrogens (tertiary/aromatic N) is 2. The topological polar surface area (TPSA) is 66.0 Å². The Bertz CT molecular complexity index is 599.